The van der Waals surface area contributed by atoms with Crippen LogP contribution in [-0.2, 0) is 0 Å². The summed E-state index contributed by atoms with van der Waals surface area (Å²) in [5.74, 6) is 0.674. The molecule has 0 amide bonds. The lowest BCUT2D eigenvalue weighted by Gasteiger charge is -2.11. The summed E-state index contributed by atoms with van der Waals surface area (Å²) in [6.07, 6.45) is 2.02. The molecular formula is C42H27N5. The lowest BCUT2D eigenvalue weighted by Crippen LogP contribution is -1.96. The Morgan fingerprint density at radius 1 is 0.383 bits per heavy atom. The van der Waals surface area contributed by atoms with Crippen molar-refractivity contribution in [2.24, 2.45) is 0 Å². The molecular weight excluding hydrogens is 574 g/mol. The van der Waals surface area contributed by atoms with Crippen molar-refractivity contribution in [3.63, 3.8) is 0 Å². The van der Waals surface area contributed by atoms with Gasteiger partial charge in [0, 0.05) is 39.2 Å². The van der Waals surface area contributed by atoms with Crippen LogP contribution in [0.1, 0.15) is 0 Å². The van der Waals surface area contributed by atoms with E-state index in [-0.39, 0.29) is 0 Å². The molecule has 9 aromatic rings. The van der Waals surface area contributed by atoms with Crippen molar-refractivity contribution >= 4 is 27.6 Å². The fourth-order valence-electron chi connectivity index (χ4n) is 6.30. The third-order valence-corrected chi connectivity index (χ3v) is 8.64. The molecule has 0 atom stereocenters. The Kier molecular flexibility index (Phi) is 6.39. The highest BCUT2D eigenvalue weighted by molar-refractivity contribution is 6.09. The molecule has 5 nitrogen and oxygen atoms in total. The van der Waals surface area contributed by atoms with E-state index in [4.69, 9.17) is 19.9 Å². The van der Waals surface area contributed by atoms with Crippen LogP contribution >= 0.6 is 0 Å². The van der Waals surface area contributed by atoms with Crippen LogP contribution < -0.4 is 0 Å². The summed E-state index contributed by atoms with van der Waals surface area (Å²) >= 11 is 0. The third kappa shape index (κ3) is 4.82. The maximum absolute atomic E-state index is 5.17. The number of imidazole rings is 1. The highest BCUT2D eigenvalue weighted by atomic mass is 15.1. The van der Waals surface area contributed by atoms with Gasteiger partial charge in [0.15, 0.2) is 11.5 Å². The first-order valence-corrected chi connectivity index (χ1v) is 15.7. The van der Waals surface area contributed by atoms with Gasteiger partial charge in [0.05, 0.1) is 17.1 Å². The number of benzene rings is 5. The van der Waals surface area contributed by atoms with Crippen molar-refractivity contribution < 1.29 is 0 Å². The fraction of sp³-hybridized carbons (Fsp3) is 0. The van der Waals surface area contributed by atoms with Gasteiger partial charge in [0.1, 0.15) is 11.2 Å². The molecule has 220 valence electrons. The van der Waals surface area contributed by atoms with Gasteiger partial charge in [-0.3, -0.25) is 4.40 Å². The average Bonchev–Trinajstić information content (AvgIpc) is 3.54. The Morgan fingerprint density at radius 2 is 1.00 bits per heavy atom. The standard InChI is InChI=1S/C42H27N5/c1-3-12-28(13-4-1)32-16-11-17-33(26-32)37-27-36(29-14-5-2-6-15-29)43-41(44-37)31-23-21-30(22-24-31)39-34-18-7-8-19-35(34)40-42(46-39)47-25-10-9-20-38(47)45-40/h1-27H. The summed E-state index contributed by atoms with van der Waals surface area (Å²) < 4.78 is 2.05. The molecule has 4 heterocycles. The maximum atomic E-state index is 5.17. The zero-order valence-corrected chi connectivity index (χ0v) is 25.3. The van der Waals surface area contributed by atoms with Crippen LogP contribution in [0.15, 0.2) is 164 Å². The van der Waals surface area contributed by atoms with E-state index in [0.717, 1.165) is 72.5 Å². The number of pyridine rings is 2. The summed E-state index contributed by atoms with van der Waals surface area (Å²) in [6, 6.07) is 54.2. The fourth-order valence-corrected chi connectivity index (χ4v) is 6.30. The molecule has 0 saturated heterocycles. The number of fused-ring (bicyclic) bond motifs is 5. The molecule has 0 saturated carbocycles. The first-order valence-electron chi connectivity index (χ1n) is 15.7. The zero-order valence-electron chi connectivity index (χ0n) is 25.3. The largest absolute Gasteiger partial charge is 0.284 e. The van der Waals surface area contributed by atoms with Crippen molar-refractivity contribution in [3.8, 4) is 56.3 Å². The minimum atomic E-state index is 0.674. The maximum Gasteiger partial charge on any atom is 0.165 e. The molecule has 47 heavy (non-hydrogen) atoms. The van der Waals surface area contributed by atoms with Gasteiger partial charge >= 0.3 is 0 Å². The molecule has 4 aromatic heterocycles. The Hall–Kier alpha value is -6.46. The molecule has 9 rings (SSSR count). The van der Waals surface area contributed by atoms with E-state index >= 15 is 0 Å². The molecule has 0 aliphatic rings. The summed E-state index contributed by atoms with van der Waals surface area (Å²) in [5.41, 5.74) is 11.7. The molecule has 0 aliphatic heterocycles. The van der Waals surface area contributed by atoms with Gasteiger partial charge in [0.25, 0.3) is 0 Å². The highest BCUT2D eigenvalue weighted by Gasteiger charge is 2.16. The summed E-state index contributed by atoms with van der Waals surface area (Å²) in [5, 5.41) is 2.15. The van der Waals surface area contributed by atoms with Crippen LogP contribution in [0, 0.1) is 0 Å². The quantitative estimate of drug-likeness (QED) is 0.197. The van der Waals surface area contributed by atoms with Gasteiger partial charge in [-0.25, -0.2) is 19.9 Å². The van der Waals surface area contributed by atoms with E-state index in [1.807, 2.05) is 48.7 Å². The van der Waals surface area contributed by atoms with Crippen LogP contribution in [0.5, 0.6) is 0 Å². The van der Waals surface area contributed by atoms with Crippen molar-refractivity contribution in [2.75, 3.05) is 0 Å². The molecule has 0 spiro atoms. The second-order valence-corrected chi connectivity index (χ2v) is 11.6. The highest BCUT2D eigenvalue weighted by Crippen LogP contribution is 2.34. The van der Waals surface area contributed by atoms with E-state index in [1.165, 1.54) is 5.56 Å². The van der Waals surface area contributed by atoms with Gasteiger partial charge in [-0.05, 0) is 35.4 Å². The second-order valence-electron chi connectivity index (χ2n) is 11.6. The normalized spacial score (nSPS) is 11.4. The van der Waals surface area contributed by atoms with Crippen molar-refractivity contribution in [1.82, 2.24) is 24.3 Å². The molecule has 0 N–H and O–H groups in total. The summed E-state index contributed by atoms with van der Waals surface area (Å²) in [6.45, 7) is 0. The second kappa shape index (κ2) is 11.2. The number of hydrogen-bond acceptors (Lipinski definition) is 4. The lowest BCUT2D eigenvalue weighted by molar-refractivity contribution is 1.18. The first kappa shape index (κ1) is 26.9. The van der Waals surface area contributed by atoms with Crippen molar-refractivity contribution in [3.05, 3.63) is 164 Å². The van der Waals surface area contributed by atoms with Gasteiger partial charge in [-0.2, -0.15) is 0 Å². The predicted molar refractivity (Wildman–Crippen MR) is 191 cm³/mol. The Balaban J connectivity index is 1.17. The van der Waals surface area contributed by atoms with Crippen LogP contribution in [-0.4, -0.2) is 24.3 Å². The van der Waals surface area contributed by atoms with Gasteiger partial charge in [-0.1, -0.05) is 133 Å². The number of hydrogen-bond donors (Lipinski definition) is 0. The van der Waals surface area contributed by atoms with Gasteiger partial charge < -0.3 is 0 Å². The first-order chi connectivity index (χ1) is 23.3. The molecule has 0 bridgehead atoms. The third-order valence-electron chi connectivity index (χ3n) is 8.64. The zero-order chi connectivity index (χ0) is 31.2. The van der Waals surface area contributed by atoms with Crippen LogP contribution in [0.2, 0.25) is 0 Å². The number of rotatable bonds is 5. The molecule has 5 heteroatoms. The summed E-state index contributed by atoms with van der Waals surface area (Å²) in [7, 11) is 0. The predicted octanol–water partition coefficient (Wildman–Crippen LogP) is 10.2. The van der Waals surface area contributed by atoms with E-state index < -0.39 is 0 Å². The number of nitrogens with zero attached hydrogens (tertiary/aromatic N) is 5. The van der Waals surface area contributed by atoms with Crippen LogP contribution in [0.4, 0.5) is 0 Å². The molecule has 5 aromatic carbocycles. The van der Waals surface area contributed by atoms with Crippen LogP contribution in [0.3, 0.4) is 0 Å². The SMILES string of the molecule is c1ccc(-c2cccc(-c3cc(-c4ccccc4)nc(-c4ccc(-c5nc6c(nc7ccccn76)c6ccccc56)cc4)n3)c2)cc1. The smallest absolute Gasteiger partial charge is 0.165 e. The van der Waals surface area contributed by atoms with E-state index in [9.17, 15) is 0 Å². The van der Waals surface area contributed by atoms with Gasteiger partial charge in [0.2, 0.25) is 0 Å². The Labute approximate surface area is 271 Å². The van der Waals surface area contributed by atoms with Gasteiger partial charge in [-0.15, -0.1) is 0 Å². The Morgan fingerprint density at radius 3 is 1.79 bits per heavy atom. The topological polar surface area (TPSA) is 56.0 Å². The summed E-state index contributed by atoms with van der Waals surface area (Å²) in [4.78, 5) is 20.3. The Bertz CT molecular complexity index is 2550. The van der Waals surface area contributed by atoms with Crippen molar-refractivity contribution in [1.29, 1.82) is 0 Å². The monoisotopic (exact) mass is 601 g/mol. The lowest BCUT2D eigenvalue weighted by atomic mass is 10.00. The number of aromatic nitrogens is 5. The average molecular weight is 602 g/mol. The van der Waals surface area contributed by atoms with Crippen molar-refractivity contribution in [2.45, 2.75) is 0 Å². The minimum Gasteiger partial charge on any atom is -0.284 e. The minimum absolute atomic E-state index is 0.674. The molecule has 0 radical (unpaired) electrons. The molecule has 0 fully saturated rings. The molecule has 0 aliphatic carbocycles. The van der Waals surface area contributed by atoms with Crippen LogP contribution in [0.25, 0.3) is 83.9 Å². The van der Waals surface area contributed by atoms with E-state index in [1.54, 1.807) is 0 Å². The molecule has 0 unspecified atom stereocenters. The van der Waals surface area contributed by atoms with E-state index in [0.29, 0.717) is 5.82 Å². The van der Waals surface area contributed by atoms with E-state index in [2.05, 4.69) is 120 Å².